The van der Waals surface area contributed by atoms with Crippen molar-refractivity contribution < 1.29 is 14.0 Å². The molecule has 172 valence electrons. The Labute approximate surface area is 186 Å². The van der Waals surface area contributed by atoms with E-state index in [0.29, 0.717) is 37.5 Å². The Balaban J connectivity index is 1.22. The fourth-order valence-electron chi connectivity index (χ4n) is 5.09. The maximum absolute atomic E-state index is 13.0. The van der Waals surface area contributed by atoms with Crippen molar-refractivity contribution in [3.63, 3.8) is 0 Å². The third kappa shape index (κ3) is 6.10. The number of hydrogen-bond donors (Lipinski definition) is 0. The first-order valence-corrected chi connectivity index (χ1v) is 11.9. The topological polar surface area (TPSA) is 60.2 Å². The van der Waals surface area contributed by atoms with Gasteiger partial charge < -0.3 is 14.2 Å². The van der Waals surface area contributed by atoms with Crippen molar-refractivity contribution in [1.29, 1.82) is 0 Å². The number of likely N-dealkylation sites (tertiary alicyclic amines) is 1. The molecule has 31 heavy (non-hydrogen) atoms. The summed E-state index contributed by atoms with van der Waals surface area (Å²) >= 11 is 0. The number of rotatable bonds is 7. The Morgan fingerprint density at radius 1 is 1.00 bits per heavy atom. The molecule has 3 heterocycles. The number of carbonyl (C=O) groups is 2. The quantitative estimate of drug-likeness (QED) is 0.664. The van der Waals surface area contributed by atoms with E-state index in [1.54, 1.807) is 0 Å². The summed E-state index contributed by atoms with van der Waals surface area (Å²) in [6.45, 7) is 13.1. The first kappa shape index (κ1) is 22.3. The highest BCUT2D eigenvalue weighted by atomic mass is 16.3. The van der Waals surface area contributed by atoms with Crippen molar-refractivity contribution >= 4 is 11.8 Å². The normalized spacial score (nSPS) is 25.6. The maximum atomic E-state index is 13.0. The van der Waals surface area contributed by atoms with Gasteiger partial charge in [-0.15, -0.1) is 0 Å². The van der Waals surface area contributed by atoms with Crippen LogP contribution in [0.4, 0.5) is 0 Å². The Morgan fingerprint density at radius 3 is 2.16 bits per heavy atom. The van der Waals surface area contributed by atoms with Crippen molar-refractivity contribution in [2.24, 2.45) is 11.8 Å². The van der Waals surface area contributed by atoms with Gasteiger partial charge in [-0.05, 0) is 50.2 Å². The van der Waals surface area contributed by atoms with Gasteiger partial charge in [0.1, 0.15) is 11.5 Å². The summed E-state index contributed by atoms with van der Waals surface area (Å²) in [4.78, 5) is 34.3. The van der Waals surface area contributed by atoms with Crippen LogP contribution >= 0.6 is 0 Å². The highest BCUT2D eigenvalue weighted by molar-refractivity contribution is 5.79. The predicted molar refractivity (Wildman–Crippen MR) is 119 cm³/mol. The molecule has 2 aliphatic heterocycles. The lowest BCUT2D eigenvalue weighted by Gasteiger charge is -2.38. The van der Waals surface area contributed by atoms with Gasteiger partial charge in [-0.1, -0.05) is 13.8 Å². The molecule has 4 rings (SSSR count). The molecule has 1 aromatic heterocycles. The molecule has 0 spiro atoms. The van der Waals surface area contributed by atoms with Crippen molar-refractivity contribution in [2.75, 3.05) is 52.4 Å². The van der Waals surface area contributed by atoms with Crippen LogP contribution in [-0.4, -0.2) is 89.8 Å². The van der Waals surface area contributed by atoms with E-state index < -0.39 is 0 Å². The van der Waals surface area contributed by atoms with Crippen LogP contribution in [0, 0.1) is 18.8 Å². The van der Waals surface area contributed by atoms with Crippen molar-refractivity contribution in [3.8, 4) is 0 Å². The predicted octanol–water partition coefficient (Wildman–Crippen LogP) is 2.20. The highest BCUT2D eigenvalue weighted by Gasteiger charge is 2.34. The third-order valence-corrected chi connectivity index (χ3v) is 6.83. The minimum Gasteiger partial charge on any atom is -0.464 e. The van der Waals surface area contributed by atoms with Crippen LogP contribution in [-0.2, 0) is 16.1 Å². The van der Waals surface area contributed by atoms with E-state index in [1.807, 2.05) is 24.0 Å². The van der Waals surface area contributed by atoms with E-state index in [9.17, 15) is 9.59 Å². The molecule has 0 N–H and O–H groups in total. The molecule has 7 heteroatoms. The Kier molecular flexibility index (Phi) is 7.02. The lowest BCUT2D eigenvalue weighted by Crippen LogP contribution is -2.53. The van der Waals surface area contributed by atoms with E-state index in [2.05, 4.69) is 28.5 Å². The van der Waals surface area contributed by atoms with Gasteiger partial charge in [0, 0.05) is 45.3 Å². The highest BCUT2D eigenvalue weighted by Crippen LogP contribution is 2.29. The van der Waals surface area contributed by atoms with E-state index in [1.165, 1.54) is 6.42 Å². The molecule has 2 saturated heterocycles. The van der Waals surface area contributed by atoms with E-state index in [-0.39, 0.29) is 11.8 Å². The lowest BCUT2D eigenvalue weighted by molar-refractivity contribution is -0.137. The fraction of sp³-hybridized carbons (Fsp3) is 0.750. The van der Waals surface area contributed by atoms with E-state index >= 15 is 0 Å². The number of piperazine rings is 1. The summed E-state index contributed by atoms with van der Waals surface area (Å²) in [6.07, 6.45) is 3.40. The molecule has 2 unspecified atom stereocenters. The average molecular weight is 431 g/mol. The number of carbonyl (C=O) groups excluding carboxylic acids is 2. The second-order valence-corrected chi connectivity index (χ2v) is 10.1. The summed E-state index contributed by atoms with van der Waals surface area (Å²) in [5, 5.41) is 0. The molecule has 0 aromatic carbocycles. The number of aryl methyl sites for hydroxylation is 1. The van der Waals surface area contributed by atoms with Gasteiger partial charge in [-0.25, -0.2) is 0 Å². The average Bonchev–Trinajstić information content (AvgIpc) is 3.48. The number of amides is 2. The molecule has 2 amide bonds. The summed E-state index contributed by atoms with van der Waals surface area (Å²) in [7, 11) is 0. The molecular formula is C24H38N4O3. The smallest absolute Gasteiger partial charge is 0.237 e. The van der Waals surface area contributed by atoms with E-state index in [4.69, 9.17) is 4.42 Å². The number of furan rings is 1. The van der Waals surface area contributed by atoms with Crippen LogP contribution in [0.15, 0.2) is 16.5 Å². The van der Waals surface area contributed by atoms with Crippen molar-refractivity contribution in [2.45, 2.75) is 52.6 Å². The first-order valence-electron chi connectivity index (χ1n) is 11.9. The lowest BCUT2D eigenvalue weighted by atomic mass is 9.92. The number of hydrogen-bond acceptors (Lipinski definition) is 5. The number of piperidine rings is 1. The molecule has 7 nitrogen and oxygen atoms in total. The van der Waals surface area contributed by atoms with Gasteiger partial charge in [-0.3, -0.25) is 19.4 Å². The van der Waals surface area contributed by atoms with Gasteiger partial charge >= 0.3 is 0 Å². The van der Waals surface area contributed by atoms with Gasteiger partial charge in [-0.2, -0.15) is 0 Å². The fourth-order valence-corrected chi connectivity index (χ4v) is 5.09. The first-order chi connectivity index (χ1) is 14.9. The minimum atomic E-state index is 0.192. The van der Waals surface area contributed by atoms with Crippen LogP contribution in [0.3, 0.4) is 0 Å². The summed E-state index contributed by atoms with van der Waals surface area (Å²) in [6, 6.07) is 4.29. The zero-order chi connectivity index (χ0) is 22.0. The Bertz CT molecular complexity index is 757. The summed E-state index contributed by atoms with van der Waals surface area (Å²) < 4.78 is 5.70. The Hall–Kier alpha value is -1.86. The second-order valence-electron chi connectivity index (χ2n) is 10.1. The van der Waals surface area contributed by atoms with Gasteiger partial charge in [0.2, 0.25) is 11.8 Å². The molecular weight excluding hydrogens is 392 g/mol. The zero-order valence-corrected chi connectivity index (χ0v) is 19.4. The Morgan fingerprint density at radius 2 is 1.61 bits per heavy atom. The molecule has 3 aliphatic rings. The van der Waals surface area contributed by atoms with Crippen LogP contribution in [0.2, 0.25) is 0 Å². The van der Waals surface area contributed by atoms with Crippen LogP contribution < -0.4 is 0 Å². The molecule has 0 radical (unpaired) electrons. The van der Waals surface area contributed by atoms with Crippen LogP contribution in [0.5, 0.6) is 0 Å². The van der Waals surface area contributed by atoms with Gasteiger partial charge in [0.25, 0.3) is 0 Å². The van der Waals surface area contributed by atoms with Crippen molar-refractivity contribution in [3.05, 3.63) is 23.7 Å². The molecule has 1 saturated carbocycles. The monoisotopic (exact) mass is 430 g/mol. The minimum absolute atomic E-state index is 0.192. The summed E-state index contributed by atoms with van der Waals surface area (Å²) in [5.41, 5.74) is 0. The van der Waals surface area contributed by atoms with Gasteiger partial charge in [0.05, 0.1) is 19.6 Å². The number of nitrogens with zero attached hydrogens (tertiary/aromatic N) is 4. The summed E-state index contributed by atoms with van der Waals surface area (Å²) in [5.74, 6) is 3.39. The molecule has 3 fully saturated rings. The molecule has 0 bridgehead atoms. The SMILES string of the molecule is Cc1ccc(CN(C(=O)CN2CCN(CC(=O)N3CC(C)CC(C)C3)CC2)C2CC2)o1. The largest absolute Gasteiger partial charge is 0.464 e. The maximum Gasteiger partial charge on any atom is 0.237 e. The second kappa shape index (κ2) is 9.74. The van der Waals surface area contributed by atoms with E-state index in [0.717, 1.165) is 63.6 Å². The molecule has 1 aromatic rings. The van der Waals surface area contributed by atoms with Crippen molar-refractivity contribution in [1.82, 2.24) is 19.6 Å². The third-order valence-electron chi connectivity index (χ3n) is 6.83. The van der Waals surface area contributed by atoms with Crippen LogP contribution in [0.1, 0.15) is 44.6 Å². The molecule has 1 aliphatic carbocycles. The molecule has 2 atom stereocenters. The van der Waals surface area contributed by atoms with Gasteiger partial charge in [0.15, 0.2) is 0 Å². The zero-order valence-electron chi connectivity index (χ0n) is 19.4. The standard InChI is InChI=1S/C24H38N4O3/c1-18-12-19(2)14-27(13-18)23(29)16-25-8-10-26(11-9-25)17-24(30)28(21-5-6-21)15-22-7-4-20(3)31-22/h4,7,18-19,21H,5-6,8-17H2,1-3H3. The van der Waals surface area contributed by atoms with Crippen LogP contribution in [0.25, 0.3) is 0 Å².